The van der Waals surface area contributed by atoms with Gasteiger partial charge in [-0.3, -0.25) is 0 Å². The molecular weight excluding hydrogens is 267 g/mol. The lowest BCUT2D eigenvalue weighted by atomic mass is 10.1. The zero-order chi connectivity index (χ0) is 13.3. The number of hydrogen-bond donors (Lipinski definition) is 0. The SMILES string of the molecule is Cc1cnc(Cl)cc1-c1cnc(C(F)(F)F)nc1. The van der Waals surface area contributed by atoms with E-state index in [4.69, 9.17) is 11.6 Å². The summed E-state index contributed by atoms with van der Waals surface area (Å²) in [6.45, 7) is 1.77. The van der Waals surface area contributed by atoms with E-state index in [1.807, 2.05) is 0 Å². The van der Waals surface area contributed by atoms with Gasteiger partial charge in [-0.25, -0.2) is 15.0 Å². The smallest absolute Gasteiger partial charge is 0.244 e. The molecule has 94 valence electrons. The molecule has 0 aromatic carbocycles. The molecule has 3 nitrogen and oxygen atoms in total. The largest absolute Gasteiger partial charge is 0.451 e. The third-order valence-electron chi connectivity index (χ3n) is 2.29. The maximum atomic E-state index is 12.3. The van der Waals surface area contributed by atoms with Gasteiger partial charge in [0.15, 0.2) is 0 Å². The van der Waals surface area contributed by atoms with Gasteiger partial charge in [-0.05, 0) is 24.1 Å². The molecule has 2 aromatic rings. The summed E-state index contributed by atoms with van der Waals surface area (Å²) in [7, 11) is 0. The van der Waals surface area contributed by atoms with Gasteiger partial charge in [-0.1, -0.05) is 11.6 Å². The van der Waals surface area contributed by atoms with E-state index in [0.29, 0.717) is 11.1 Å². The van der Waals surface area contributed by atoms with E-state index in [2.05, 4.69) is 15.0 Å². The Balaban J connectivity index is 2.43. The first kappa shape index (κ1) is 12.8. The monoisotopic (exact) mass is 273 g/mol. The third kappa shape index (κ3) is 2.59. The number of alkyl halides is 3. The van der Waals surface area contributed by atoms with Crippen molar-refractivity contribution in [1.29, 1.82) is 0 Å². The van der Waals surface area contributed by atoms with Crippen LogP contribution in [0, 0.1) is 6.92 Å². The lowest BCUT2D eigenvalue weighted by Gasteiger charge is -2.07. The molecule has 0 atom stereocenters. The molecule has 0 saturated heterocycles. The van der Waals surface area contributed by atoms with Crippen molar-refractivity contribution in [3.8, 4) is 11.1 Å². The fraction of sp³-hybridized carbons (Fsp3) is 0.182. The number of pyridine rings is 1. The first-order chi connectivity index (χ1) is 8.38. The highest BCUT2D eigenvalue weighted by atomic mass is 35.5. The van der Waals surface area contributed by atoms with Gasteiger partial charge in [-0.2, -0.15) is 13.2 Å². The van der Waals surface area contributed by atoms with E-state index in [-0.39, 0.29) is 5.15 Å². The summed E-state index contributed by atoms with van der Waals surface area (Å²) in [4.78, 5) is 10.5. The Bertz CT molecular complexity index is 567. The molecule has 0 saturated carbocycles. The topological polar surface area (TPSA) is 38.7 Å². The summed E-state index contributed by atoms with van der Waals surface area (Å²) in [6, 6.07) is 1.56. The molecule has 0 amide bonds. The summed E-state index contributed by atoms with van der Waals surface area (Å²) in [5.74, 6) is -1.16. The summed E-state index contributed by atoms with van der Waals surface area (Å²) < 4.78 is 36.9. The van der Waals surface area contributed by atoms with Gasteiger partial charge in [0.05, 0.1) is 0 Å². The number of nitrogens with zero attached hydrogens (tertiary/aromatic N) is 3. The second-order valence-corrected chi connectivity index (χ2v) is 4.00. The van der Waals surface area contributed by atoms with Gasteiger partial charge in [0, 0.05) is 24.2 Å². The van der Waals surface area contributed by atoms with Crippen LogP contribution in [0.5, 0.6) is 0 Å². The Morgan fingerprint density at radius 2 is 1.67 bits per heavy atom. The van der Waals surface area contributed by atoms with Crippen LogP contribution < -0.4 is 0 Å². The Hall–Kier alpha value is -1.69. The van der Waals surface area contributed by atoms with Crippen molar-refractivity contribution < 1.29 is 13.2 Å². The highest BCUT2D eigenvalue weighted by Crippen LogP contribution is 2.28. The highest BCUT2D eigenvalue weighted by Gasteiger charge is 2.34. The summed E-state index contributed by atoms with van der Waals surface area (Å²) in [6.07, 6.45) is -0.762. The summed E-state index contributed by atoms with van der Waals surface area (Å²) >= 11 is 5.74. The molecule has 0 bridgehead atoms. The molecule has 0 aliphatic carbocycles. The van der Waals surface area contributed by atoms with Crippen LogP contribution in [-0.2, 0) is 6.18 Å². The number of aryl methyl sites for hydroxylation is 1. The van der Waals surface area contributed by atoms with Crippen molar-refractivity contribution in [2.45, 2.75) is 13.1 Å². The van der Waals surface area contributed by atoms with Gasteiger partial charge in [0.2, 0.25) is 5.82 Å². The molecule has 2 rings (SSSR count). The predicted molar refractivity (Wildman–Crippen MR) is 60.0 cm³/mol. The highest BCUT2D eigenvalue weighted by molar-refractivity contribution is 6.29. The van der Waals surface area contributed by atoms with Gasteiger partial charge in [0.25, 0.3) is 0 Å². The molecule has 0 N–H and O–H groups in total. The van der Waals surface area contributed by atoms with Crippen molar-refractivity contribution in [2.24, 2.45) is 0 Å². The minimum atomic E-state index is -4.54. The van der Waals surface area contributed by atoms with Crippen molar-refractivity contribution >= 4 is 11.6 Å². The van der Waals surface area contributed by atoms with Crippen LogP contribution in [0.4, 0.5) is 13.2 Å². The molecule has 7 heteroatoms. The van der Waals surface area contributed by atoms with Gasteiger partial charge in [0.1, 0.15) is 5.15 Å². The van der Waals surface area contributed by atoms with Gasteiger partial charge < -0.3 is 0 Å². The van der Waals surface area contributed by atoms with Crippen molar-refractivity contribution in [3.05, 3.63) is 41.2 Å². The quantitative estimate of drug-likeness (QED) is 0.746. The normalized spacial score (nSPS) is 11.6. The Morgan fingerprint density at radius 1 is 1.06 bits per heavy atom. The molecule has 0 fully saturated rings. The van der Waals surface area contributed by atoms with Crippen LogP contribution in [0.2, 0.25) is 5.15 Å². The Morgan fingerprint density at radius 3 is 2.22 bits per heavy atom. The van der Waals surface area contributed by atoms with Crippen LogP contribution in [0.1, 0.15) is 11.4 Å². The average molecular weight is 274 g/mol. The van der Waals surface area contributed by atoms with E-state index >= 15 is 0 Å². The first-order valence-corrected chi connectivity index (χ1v) is 5.27. The molecule has 2 aromatic heterocycles. The predicted octanol–water partition coefficient (Wildman–Crippen LogP) is 3.52. The van der Waals surface area contributed by atoms with Crippen LogP contribution in [0.3, 0.4) is 0 Å². The molecule has 0 spiro atoms. The summed E-state index contributed by atoms with van der Waals surface area (Å²) in [5, 5.41) is 0.260. The molecule has 18 heavy (non-hydrogen) atoms. The van der Waals surface area contributed by atoms with Crippen LogP contribution in [0.25, 0.3) is 11.1 Å². The van der Waals surface area contributed by atoms with Crippen molar-refractivity contribution in [2.75, 3.05) is 0 Å². The van der Waals surface area contributed by atoms with E-state index in [1.165, 1.54) is 6.20 Å². The number of halogens is 4. The van der Waals surface area contributed by atoms with Crippen LogP contribution in [0.15, 0.2) is 24.7 Å². The fourth-order valence-corrected chi connectivity index (χ4v) is 1.58. The second kappa shape index (κ2) is 4.53. The lowest BCUT2D eigenvalue weighted by Crippen LogP contribution is -2.10. The number of hydrogen-bond acceptors (Lipinski definition) is 3. The zero-order valence-corrected chi connectivity index (χ0v) is 9.92. The van der Waals surface area contributed by atoms with Gasteiger partial charge >= 0.3 is 6.18 Å². The molecular formula is C11H7ClF3N3. The molecule has 0 unspecified atom stereocenters. The zero-order valence-electron chi connectivity index (χ0n) is 9.16. The fourth-order valence-electron chi connectivity index (χ4n) is 1.42. The van der Waals surface area contributed by atoms with E-state index in [0.717, 1.165) is 18.0 Å². The molecule has 0 aliphatic rings. The van der Waals surface area contributed by atoms with Crippen LogP contribution in [-0.4, -0.2) is 15.0 Å². The maximum absolute atomic E-state index is 12.3. The van der Waals surface area contributed by atoms with E-state index in [1.54, 1.807) is 13.0 Å². The number of rotatable bonds is 1. The molecule has 0 aliphatic heterocycles. The lowest BCUT2D eigenvalue weighted by molar-refractivity contribution is -0.144. The standard InChI is InChI=1S/C11H7ClF3N3/c1-6-3-16-9(12)2-8(6)7-4-17-10(18-5-7)11(13,14)15/h2-5H,1H3. The average Bonchev–Trinajstić information content (AvgIpc) is 2.31. The minimum Gasteiger partial charge on any atom is -0.244 e. The first-order valence-electron chi connectivity index (χ1n) is 4.89. The minimum absolute atomic E-state index is 0.260. The van der Waals surface area contributed by atoms with Crippen molar-refractivity contribution in [3.63, 3.8) is 0 Å². The van der Waals surface area contributed by atoms with Crippen LogP contribution >= 0.6 is 11.6 Å². The maximum Gasteiger partial charge on any atom is 0.451 e. The van der Waals surface area contributed by atoms with Gasteiger partial charge in [-0.15, -0.1) is 0 Å². The molecule has 0 radical (unpaired) electrons. The van der Waals surface area contributed by atoms with Crippen molar-refractivity contribution in [1.82, 2.24) is 15.0 Å². The number of aromatic nitrogens is 3. The Kier molecular flexibility index (Phi) is 3.21. The van der Waals surface area contributed by atoms with E-state index < -0.39 is 12.0 Å². The Labute approximate surface area is 106 Å². The van der Waals surface area contributed by atoms with E-state index in [9.17, 15) is 13.2 Å². The molecule has 2 heterocycles. The second-order valence-electron chi connectivity index (χ2n) is 3.62. The summed E-state index contributed by atoms with van der Waals surface area (Å²) in [5.41, 5.74) is 1.90. The third-order valence-corrected chi connectivity index (χ3v) is 2.49.